The van der Waals surface area contributed by atoms with Gasteiger partial charge in [-0.05, 0) is 28.1 Å². The zero-order chi connectivity index (χ0) is 11.7. The van der Waals surface area contributed by atoms with Crippen molar-refractivity contribution in [3.63, 3.8) is 0 Å². The molecular weight excluding hydrogens is 277 g/mol. The van der Waals surface area contributed by atoms with Gasteiger partial charge in [0.15, 0.2) is 4.60 Å². The number of halogens is 2. The normalized spacial score (nSPS) is 10.4. The van der Waals surface area contributed by atoms with Crippen LogP contribution in [0.5, 0.6) is 0 Å². The van der Waals surface area contributed by atoms with Crippen molar-refractivity contribution in [2.24, 2.45) is 7.05 Å². The lowest BCUT2D eigenvalue weighted by molar-refractivity contribution is 0.102. The molecule has 0 amide bonds. The van der Waals surface area contributed by atoms with Gasteiger partial charge in [-0.15, -0.1) is 5.10 Å². The van der Waals surface area contributed by atoms with Gasteiger partial charge < -0.3 is 0 Å². The molecular formula is C10H7BrFN3O. The molecule has 6 heteroatoms. The lowest BCUT2D eigenvalue weighted by atomic mass is 10.1. The van der Waals surface area contributed by atoms with Gasteiger partial charge in [0, 0.05) is 12.6 Å². The molecule has 0 saturated carbocycles. The molecule has 82 valence electrons. The lowest BCUT2D eigenvalue weighted by Crippen LogP contribution is -2.09. The van der Waals surface area contributed by atoms with E-state index in [1.54, 1.807) is 13.1 Å². The molecule has 0 unspecified atom stereocenters. The third-order valence-corrected chi connectivity index (χ3v) is 2.62. The molecule has 1 aromatic carbocycles. The Morgan fingerprint density at radius 2 is 2.25 bits per heavy atom. The Morgan fingerprint density at radius 1 is 1.50 bits per heavy atom. The molecule has 0 aliphatic rings. The topological polar surface area (TPSA) is 47.8 Å². The molecule has 0 spiro atoms. The van der Waals surface area contributed by atoms with E-state index in [9.17, 15) is 9.18 Å². The molecule has 0 N–H and O–H groups in total. The number of rotatable bonds is 2. The second-order valence-electron chi connectivity index (χ2n) is 3.19. The van der Waals surface area contributed by atoms with E-state index < -0.39 is 5.82 Å². The fourth-order valence-corrected chi connectivity index (χ4v) is 1.85. The van der Waals surface area contributed by atoms with Gasteiger partial charge in [0.1, 0.15) is 11.5 Å². The summed E-state index contributed by atoms with van der Waals surface area (Å²) in [4.78, 5) is 12.0. The molecule has 4 nitrogen and oxygen atoms in total. The van der Waals surface area contributed by atoms with Crippen LogP contribution < -0.4 is 0 Å². The summed E-state index contributed by atoms with van der Waals surface area (Å²) in [5.41, 5.74) is 0.566. The van der Waals surface area contributed by atoms with Crippen LogP contribution in [-0.4, -0.2) is 20.8 Å². The van der Waals surface area contributed by atoms with Crippen LogP contribution >= 0.6 is 15.9 Å². The number of aryl methyl sites for hydroxylation is 1. The van der Waals surface area contributed by atoms with E-state index in [4.69, 9.17) is 0 Å². The molecule has 0 aliphatic heterocycles. The van der Waals surface area contributed by atoms with Crippen LogP contribution in [0.3, 0.4) is 0 Å². The van der Waals surface area contributed by atoms with Crippen LogP contribution in [0.25, 0.3) is 0 Å². The average Bonchev–Trinajstić information content (AvgIpc) is 2.58. The summed E-state index contributed by atoms with van der Waals surface area (Å²) in [5, 5.41) is 7.39. The standard InChI is InChI=1S/C10H7BrFN3O/c1-15-8(10(11)13-14-15)9(16)6-3-2-4-7(12)5-6/h2-5H,1H3. The van der Waals surface area contributed by atoms with Crippen molar-refractivity contribution < 1.29 is 9.18 Å². The van der Waals surface area contributed by atoms with Crippen LogP contribution in [0.4, 0.5) is 4.39 Å². The number of hydrogen-bond donors (Lipinski definition) is 0. The van der Waals surface area contributed by atoms with Gasteiger partial charge in [-0.25, -0.2) is 9.07 Å². The third-order valence-electron chi connectivity index (χ3n) is 2.09. The highest BCUT2D eigenvalue weighted by molar-refractivity contribution is 9.10. The highest BCUT2D eigenvalue weighted by Crippen LogP contribution is 2.17. The van der Waals surface area contributed by atoms with Crippen LogP contribution in [0, 0.1) is 5.82 Å². The first-order valence-corrected chi connectivity index (χ1v) is 5.24. The highest BCUT2D eigenvalue weighted by atomic mass is 79.9. The molecule has 0 fully saturated rings. The Labute approximate surface area is 99.2 Å². The second kappa shape index (κ2) is 4.13. The number of benzene rings is 1. The lowest BCUT2D eigenvalue weighted by Gasteiger charge is -2.01. The smallest absolute Gasteiger partial charge is 0.213 e. The number of nitrogens with zero attached hydrogens (tertiary/aromatic N) is 3. The highest BCUT2D eigenvalue weighted by Gasteiger charge is 2.18. The van der Waals surface area contributed by atoms with Crippen molar-refractivity contribution >= 4 is 21.7 Å². The predicted octanol–water partition coefficient (Wildman–Crippen LogP) is 1.95. The van der Waals surface area contributed by atoms with Crippen molar-refractivity contribution in [2.75, 3.05) is 0 Å². The van der Waals surface area contributed by atoms with Gasteiger partial charge in [0.05, 0.1) is 0 Å². The van der Waals surface area contributed by atoms with E-state index in [-0.39, 0.29) is 11.3 Å². The quantitative estimate of drug-likeness (QED) is 0.792. The monoisotopic (exact) mass is 283 g/mol. The minimum Gasteiger partial charge on any atom is -0.287 e. The number of aromatic nitrogens is 3. The van der Waals surface area contributed by atoms with E-state index in [0.29, 0.717) is 10.3 Å². The summed E-state index contributed by atoms with van der Waals surface area (Å²) < 4.78 is 14.7. The summed E-state index contributed by atoms with van der Waals surface area (Å²) in [6.07, 6.45) is 0. The van der Waals surface area contributed by atoms with E-state index >= 15 is 0 Å². The molecule has 2 aromatic rings. The summed E-state index contributed by atoms with van der Waals surface area (Å²) in [5.74, 6) is -0.768. The largest absolute Gasteiger partial charge is 0.287 e. The molecule has 0 radical (unpaired) electrons. The number of carbonyl (C=O) groups is 1. The number of hydrogen-bond acceptors (Lipinski definition) is 3. The van der Waals surface area contributed by atoms with E-state index in [2.05, 4.69) is 26.2 Å². The van der Waals surface area contributed by atoms with Crippen molar-refractivity contribution in [2.45, 2.75) is 0 Å². The van der Waals surface area contributed by atoms with E-state index in [1.165, 1.54) is 22.9 Å². The van der Waals surface area contributed by atoms with Gasteiger partial charge in [-0.1, -0.05) is 17.3 Å². The van der Waals surface area contributed by atoms with Crippen LogP contribution in [-0.2, 0) is 7.05 Å². The maximum Gasteiger partial charge on any atom is 0.213 e. The predicted molar refractivity (Wildman–Crippen MR) is 58.5 cm³/mol. The summed E-state index contributed by atoms with van der Waals surface area (Å²) in [6, 6.07) is 5.50. The summed E-state index contributed by atoms with van der Waals surface area (Å²) in [7, 11) is 1.60. The van der Waals surface area contributed by atoms with Crippen molar-refractivity contribution in [1.82, 2.24) is 15.0 Å². The molecule has 0 bridgehead atoms. The molecule has 1 heterocycles. The van der Waals surface area contributed by atoms with Crippen LogP contribution in [0.15, 0.2) is 28.9 Å². The molecule has 2 rings (SSSR count). The van der Waals surface area contributed by atoms with Gasteiger partial charge in [-0.3, -0.25) is 4.79 Å². The van der Waals surface area contributed by atoms with E-state index in [0.717, 1.165) is 0 Å². The molecule has 16 heavy (non-hydrogen) atoms. The SMILES string of the molecule is Cn1nnc(Br)c1C(=O)c1cccc(F)c1. The first-order chi connectivity index (χ1) is 7.59. The zero-order valence-electron chi connectivity index (χ0n) is 8.32. The molecule has 0 atom stereocenters. The summed E-state index contributed by atoms with van der Waals surface area (Å²) >= 11 is 3.12. The van der Waals surface area contributed by atoms with E-state index in [1.807, 2.05) is 0 Å². The first-order valence-electron chi connectivity index (χ1n) is 4.45. The van der Waals surface area contributed by atoms with Crippen LogP contribution in [0.1, 0.15) is 16.1 Å². The van der Waals surface area contributed by atoms with Crippen molar-refractivity contribution in [3.8, 4) is 0 Å². The Balaban J connectivity index is 2.47. The van der Waals surface area contributed by atoms with Gasteiger partial charge in [0.25, 0.3) is 0 Å². The Hall–Kier alpha value is -1.56. The zero-order valence-corrected chi connectivity index (χ0v) is 9.90. The van der Waals surface area contributed by atoms with Crippen molar-refractivity contribution in [3.05, 3.63) is 45.9 Å². The molecule has 1 aromatic heterocycles. The Bertz CT molecular complexity index is 533. The second-order valence-corrected chi connectivity index (χ2v) is 3.94. The Kier molecular flexibility index (Phi) is 2.82. The number of ketones is 1. The molecule has 0 saturated heterocycles. The van der Waals surface area contributed by atoms with Gasteiger partial charge in [0.2, 0.25) is 5.78 Å². The maximum absolute atomic E-state index is 13.0. The van der Waals surface area contributed by atoms with Gasteiger partial charge >= 0.3 is 0 Å². The third kappa shape index (κ3) is 1.88. The first kappa shape index (κ1) is 10.9. The fraction of sp³-hybridized carbons (Fsp3) is 0.100. The van der Waals surface area contributed by atoms with Gasteiger partial charge in [-0.2, -0.15) is 0 Å². The fourth-order valence-electron chi connectivity index (χ4n) is 1.34. The Morgan fingerprint density at radius 3 is 2.81 bits per heavy atom. The van der Waals surface area contributed by atoms with Crippen molar-refractivity contribution in [1.29, 1.82) is 0 Å². The minimum atomic E-state index is -0.447. The molecule has 0 aliphatic carbocycles. The number of carbonyl (C=O) groups excluding carboxylic acids is 1. The van der Waals surface area contributed by atoms with Crippen LogP contribution in [0.2, 0.25) is 0 Å². The minimum absolute atomic E-state index is 0.270. The maximum atomic E-state index is 13.0. The summed E-state index contributed by atoms with van der Waals surface area (Å²) in [6.45, 7) is 0. The average molecular weight is 284 g/mol.